The summed E-state index contributed by atoms with van der Waals surface area (Å²) in [6, 6.07) is 3.83. The van der Waals surface area contributed by atoms with E-state index in [4.69, 9.17) is 15.3 Å². The van der Waals surface area contributed by atoms with Gasteiger partial charge in [-0.3, -0.25) is 5.41 Å². The quantitative estimate of drug-likeness (QED) is 0.552. The molecule has 0 aliphatic carbocycles. The summed E-state index contributed by atoms with van der Waals surface area (Å²) < 4.78 is 6.90. The number of aromatic nitrogens is 1. The Morgan fingerprint density at radius 1 is 1.43 bits per heavy atom. The standard InChI is InChI=1S/C17H25N3O3/c1-12-9-13(10-15(22)17(2,3)4)14(11-18)16(19)20(12)5-7-23-8-6-21/h9-10,19,21-22H,5-8H2,1-4H3/b15-10-,19-16?. The van der Waals surface area contributed by atoms with Crippen LogP contribution in [-0.2, 0) is 11.3 Å². The summed E-state index contributed by atoms with van der Waals surface area (Å²) >= 11 is 0. The smallest absolute Gasteiger partial charge is 0.143 e. The lowest BCUT2D eigenvalue weighted by molar-refractivity contribution is 0.0861. The maximum Gasteiger partial charge on any atom is 0.143 e. The van der Waals surface area contributed by atoms with Crippen molar-refractivity contribution in [2.45, 2.75) is 34.2 Å². The zero-order chi connectivity index (χ0) is 17.6. The average molecular weight is 319 g/mol. The number of aryl methyl sites for hydroxylation is 1. The van der Waals surface area contributed by atoms with Crippen LogP contribution in [-0.4, -0.2) is 34.6 Å². The van der Waals surface area contributed by atoms with Crippen LogP contribution in [0, 0.1) is 29.1 Å². The third-order valence-corrected chi connectivity index (χ3v) is 3.45. The van der Waals surface area contributed by atoms with E-state index in [-0.39, 0.29) is 30.0 Å². The minimum absolute atomic E-state index is 0.0450. The molecule has 126 valence electrons. The monoisotopic (exact) mass is 319 g/mol. The van der Waals surface area contributed by atoms with Gasteiger partial charge in [0.25, 0.3) is 0 Å². The van der Waals surface area contributed by atoms with Gasteiger partial charge >= 0.3 is 0 Å². The second-order valence-electron chi connectivity index (χ2n) is 6.34. The van der Waals surface area contributed by atoms with Crippen molar-refractivity contribution in [3.63, 3.8) is 0 Å². The summed E-state index contributed by atoms with van der Waals surface area (Å²) in [4.78, 5) is 0. The Kier molecular flexibility index (Phi) is 6.55. The third-order valence-electron chi connectivity index (χ3n) is 3.45. The van der Waals surface area contributed by atoms with E-state index in [0.717, 1.165) is 5.69 Å². The molecule has 1 aromatic heterocycles. The topological polar surface area (TPSA) is 102 Å². The number of hydrogen-bond donors (Lipinski definition) is 3. The second kappa shape index (κ2) is 7.95. The third kappa shape index (κ3) is 4.95. The molecule has 0 saturated carbocycles. The van der Waals surface area contributed by atoms with E-state index in [1.165, 1.54) is 0 Å². The highest BCUT2D eigenvalue weighted by atomic mass is 16.5. The van der Waals surface area contributed by atoms with Gasteiger partial charge in [0, 0.05) is 23.2 Å². The van der Waals surface area contributed by atoms with Crippen LogP contribution in [0.4, 0.5) is 0 Å². The molecule has 1 heterocycles. The molecule has 1 aromatic rings. The maximum absolute atomic E-state index is 10.2. The normalized spacial score (nSPS) is 12.3. The molecule has 0 unspecified atom stereocenters. The van der Waals surface area contributed by atoms with Crippen LogP contribution in [0.1, 0.15) is 37.6 Å². The van der Waals surface area contributed by atoms with E-state index < -0.39 is 5.41 Å². The van der Waals surface area contributed by atoms with Crippen LogP contribution >= 0.6 is 0 Å². The van der Waals surface area contributed by atoms with E-state index in [1.54, 1.807) is 16.7 Å². The van der Waals surface area contributed by atoms with Crippen LogP contribution in [0.2, 0.25) is 0 Å². The van der Waals surface area contributed by atoms with Gasteiger partial charge in [-0.25, -0.2) is 0 Å². The van der Waals surface area contributed by atoms with Gasteiger partial charge in [-0.1, -0.05) is 20.8 Å². The predicted molar refractivity (Wildman–Crippen MR) is 87.7 cm³/mol. The zero-order valence-electron chi connectivity index (χ0n) is 14.2. The highest BCUT2D eigenvalue weighted by molar-refractivity contribution is 5.59. The number of nitriles is 1. The highest BCUT2D eigenvalue weighted by Crippen LogP contribution is 2.25. The van der Waals surface area contributed by atoms with Crippen molar-refractivity contribution in [3.05, 3.63) is 34.1 Å². The minimum Gasteiger partial charge on any atom is -0.512 e. The number of nitrogens with one attached hydrogen (secondary N) is 1. The first-order valence-electron chi connectivity index (χ1n) is 7.51. The van der Waals surface area contributed by atoms with E-state index in [0.29, 0.717) is 18.7 Å². The fourth-order valence-electron chi connectivity index (χ4n) is 2.03. The molecule has 1 rings (SSSR count). The summed E-state index contributed by atoms with van der Waals surface area (Å²) in [5.74, 6) is 0.164. The number of aliphatic hydroxyl groups is 2. The number of nitrogens with zero attached hydrogens (tertiary/aromatic N) is 2. The highest BCUT2D eigenvalue weighted by Gasteiger charge is 2.17. The van der Waals surface area contributed by atoms with Crippen molar-refractivity contribution in [2.75, 3.05) is 19.8 Å². The van der Waals surface area contributed by atoms with Crippen molar-refractivity contribution < 1.29 is 14.9 Å². The minimum atomic E-state index is -0.424. The van der Waals surface area contributed by atoms with Gasteiger partial charge in [0.1, 0.15) is 17.1 Å². The number of aliphatic hydroxyl groups excluding tert-OH is 2. The van der Waals surface area contributed by atoms with Crippen LogP contribution in [0.5, 0.6) is 0 Å². The molecule has 0 radical (unpaired) electrons. The Bertz CT molecular complexity index is 676. The van der Waals surface area contributed by atoms with E-state index >= 15 is 0 Å². The van der Waals surface area contributed by atoms with E-state index in [1.807, 2.05) is 33.8 Å². The van der Waals surface area contributed by atoms with Crippen molar-refractivity contribution in [2.24, 2.45) is 5.41 Å². The molecule has 0 bridgehead atoms. The van der Waals surface area contributed by atoms with Gasteiger partial charge in [-0.15, -0.1) is 0 Å². The number of allylic oxidation sites excluding steroid dienone is 1. The Morgan fingerprint density at radius 2 is 2.09 bits per heavy atom. The molecule has 3 N–H and O–H groups in total. The average Bonchev–Trinajstić information content (AvgIpc) is 2.45. The van der Waals surface area contributed by atoms with Crippen LogP contribution in [0.25, 0.3) is 6.08 Å². The second-order valence-corrected chi connectivity index (χ2v) is 6.34. The summed E-state index contributed by atoms with van der Waals surface area (Å²) in [5.41, 5.74) is 1.22. The number of hydrogen-bond acceptors (Lipinski definition) is 5. The number of pyridine rings is 1. The van der Waals surface area contributed by atoms with Gasteiger partial charge in [0.15, 0.2) is 0 Å². The summed E-state index contributed by atoms with van der Waals surface area (Å²) in [5, 5.41) is 36.5. The SMILES string of the molecule is Cc1cc(/C=C(\O)C(C)(C)C)c(C#N)c(=N)n1CCOCCO. The lowest BCUT2D eigenvalue weighted by atomic mass is 9.92. The maximum atomic E-state index is 10.2. The fourth-order valence-corrected chi connectivity index (χ4v) is 2.03. The van der Waals surface area contributed by atoms with Gasteiger partial charge in [0.2, 0.25) is 0 Å². The largest absolute Gasteiger partial charge is 0.512 e. The summed E-state index contributed by atoms with van der Waals surface area (Å²) in [6.45, 7) is 8.45. The van der Waals surface area contributed by atoms with Crippen LogP contribution in [0.3, 0.4) is 0 Å². The number of ether oxygens (including phenoxy) is 1. The van der Waals surface area contributed by atoms with Crippen molar-refractivity contribution in [1.29, 1.82) is 10.7 Å². The molecule has 23 heavy (non-hydrogen) atoms. The van der Waals surface area contributed by atoms with E-state index in [9.17, 15) is 10.4 Å². The first-order valence-corrected chi connectivity index (χ1v) is 7.51. The molecule has 0 amide bonds. The van der Waals surface area contributed by atoms with E-state index in [2.05, 4.69) is 0 Å². The Morgan fingerprint density at radius 3 is 2.61 bits per heavy atom. The molecule has 6 heteroatoms. The molecule has 0 aliphatic heterocycles. The first-order chi connectivity index (χ1) is 10.7. The van der Waals surface area contributed by atoms with Gasteiger partial charge in [0.05, 0.1) is 25.6 Å². The van der Waals surface area contributed by atoms with Crippen molar-refractivity contribution in [3.8, 4) is 6.07 Å². The Hall–Kier alpha value is -2.10. The molecule has 0 saturated heterocycles. The number of rotatable bonds is 6. The fraction of sp³-hybridized carbons (Fsp3) is 0.529. The molecule has 0 aliphatic rings. The predicted octanol–water partition coefficient (Wildman–Crippen LogP) is 2.10. The lowest BCUT2D eigenvalue weighted by Gasteiger charge is -2.18. The first kappa shape index (κ1) is 18.9. The summed E-state index contributed by atoms with van der Waals surface area (Å²) in [6.07, 6.45) is 1.55. The molecular weight excluding hydrogens is 294 g/mol. The van der Waals surface area contributed by atoms with Crippen LogP contribution < -0.4 is 5.49 Å². The molecular formula is C17H25N3O3. The summed E-state index contributed by atoms with van der Waals surface area (Å²) in [7, 11) is 0. The Balaban J connectivity index is 3.24. The van der Waals surface area contributed by atoms with Gasteiger partial charge in [-0.05, 0) is 19.1 Å². The Labute approximate surface area is 136 Å². The molecule has 0 spiro atoms. The van der Waals surface area contributed by atoms with Gasteiger partial charge < -0.3 is 19.5 Å². The van der Waals surface area contributed by atoms with Crippen molar-refractivity contribution >= 4 is 6.08 Å². The lowest BCUT2D eigenvalue weighted by Crippen LogP contribution is -2.28. The molecule has 0 fully saturated rings. The van der Waals surface area contributed by atoms with Gasteiger partial charge in [-0.2, -0.15) is 5.26 Å². The zero-order valence-corrected chi connectivity index (χ0v) is 14.2. The molecule has 0 atom stereocenters. The molecule has 0 aromatic carbocycles. The van der Waals surface area contributed by atoms with Crippen LogP contribution in [0.15, 0.2) is 11.8 Å². The van der Waals surface area contributed by atoms with Crippen molar-refractivity contribution in [1.82, 2.24) is 4.57 Å². The molecule has 6 nitrogen and oxygen atoms in total.